The van der Waals surface area contributed by atoms with Gasteiger partial charge in [-0.1, -0.05) is 78.1 Å². The molecule has 1 aliphatic carbocycles. The van der Waals surface area contributed by atoms with Crippen LogP contribution >= 0.6 is 0 Å². The van der Waals surface area contributed by atoms with Gasteiger partial charge in [-0.3, -0.25) is 4.79 Å². The number of carbonyl (C=O) groups is 1. The number of hydrogen-bond acceptors (Lipinski definition) is 2. The summed E-state index contributed by atoms with van der Waals surface area (Å²) in [6.45, 7) is 16.0. The van der Waals surface area contributed by atoms with Crippen molar-refractivity contribution in [3.05, 3.63) is 35.4 Å². The molecular formula is C24H40O2Si. The molecule has 0 saturated heterocycles. The molecule has 0 bridgehead atoms. The first-order valence-corrected chi connectivity index (χ1v) is 13.8. The van der Waals surface area contributed by atoms with Crippen molar-refractivity contribution >= 4 is 14.1 Å². The molecule has 0 N–H and O–H groups in total. The van der Waals surface area contributed by atoms with Gasteiger partial charge in [-0.05, 0) is 48.0 Å². The minimum atomic E-state index is -1.81. The minimum Gasteiger partial charge on any atom is -0.410 e. The summed E-state index contributed by atoms with van der Waals surface area (Å²) in [5.41, 5.74) is 2.62. The van der Waals surface area contributed by atoms with Crippen LogP contribution in [-0.4, -0.2) is 14.1 Å². The lowest BCUT2D eigenvalue weighted by atomic mass is 9.89. The van der Waals surface area contributed by atoms with Gasteiger partial charge in [0.1, 0.15) is 5.78 Å². The number of unbranched alkanes of at least 4 members (excludes halogenated alkanes) is 2. The Balaban J connectivity index is 2.18. The highest BCUT2D eigenvalue weighted by molar-refractivity contribution is 6.74. The molecule has 0 spiro atoms. The SMILES string of the molecule is CCCCC[C@H](O[Si](C)(C)C(C)(C)C)c1ccc([C@H]2CCC(=O)[C@@H]2C)cc1. The summed E-state index contributed by atoms with van der Waals surface area (Å²) in [5.74, 6) is 0.980. The molecule has 1 saturated carbocycles. The van der Waals surface area contributed by atoms with E-state index < -0.39 is 8.32 Å². The third-order valence-corrected chi connectivity index (χ3v) is 11.3. The Morgan fingerprint density at radius 2 is 1.78 bits per heavy atom. The minimum absolute atomic E-state index is 0.166. The molecule has 152 valence electrons. The lowest BCUT2D eigenvalue weighted by Crippen LogP contribution is -2.41. The van der Waals surface area contributed by atoms with Crippen molar-refractivity contribution in [2.24, 2.45) is 5.92 Å². The first-order chi connectivity index (χ1) is 12.6. The zero-order valence-electron chi connectivity index (χ0n) is 18.6. The summed E-state index contributed by atoms with van der Waals surface area (Å²) < 4.78 is 6.82. The highest BCUT2D eigenvalue weighted by Gasteiger charge is 2.39. The summed E-state index contributed by atoms with van der Waals surface area (Å²) in [4.78, 5) is 11.9. The quantitative estimate of drug-likeness (QED) is 0.342. The van der Waals surface area contributed by atoms with Crippen molar-refractivity contribution in [1.82, 2.24) is 0 Å². The molecule has 0 aliphatic heterocycles. The number of rotatable bonds is 8. The Labute approximate surface area is 168 Å². The predicted octanol–water partition coefficient (Wildman–Crippen LogP) is 7.41. The van der Waals surface area contributed by atoms with Crippen LogP contribution in [0.5, 0.6) is 0 Å². The number of hydrogen-bond donors (Lipinski definition) is 0. The maximum atomic E-state index is 11.9. The zero-order valence-corrected chi connectivity index (χ0v) is 19.6. The van der Waals surface area contributed by atoms with Crippen LogP contribution in [0.25, 0.3) is 0 Å². The van der Waals surface area contributed by atoms with E-state index in [0.717, 1.165) is 19.3 Å². The van der Waals surface area contributed by atoms with Gasteiger partial charge in [-0.15, -0.1) is 0 Å². The van der Waals surface area contributed by atoms with Crippen molar-refractivity contribution in [3.8, 4) is 0 Å². The highest BCUT2D eigenvalue weighted by atomic mass is 28.4. The van der Waals surface area contributed by atoms with Crippen molar-refractivity contribution in [1.29, 1.82) is 0 Å². The first-order valence-electron chi connectivity index (χ1n) is 10.9. The Bertz CT molecular complexity index is 612. The largest absolute Gasteiger partial charge is 0.410 e. The standard InChI is InChI=1S/C24H40O2Si/c1-8-9-10-11-23(26-27(6,7)24(3,4)5)20-14-12-19(13-15-20)21-16-17-22(25)18(21)2/h12-15,18,21,23H,8-11,16-17H2,1-7H3/t18-,21+,23+/m1/s1. The average Bonchev–Trinajstić information content (AvgIpc) is 2.92. The lowest BCUT2D eigenvalue weighted by Gasteiger charge is -2.39. The molecule has 1 fully saturated rings. The first kappa shape index (κ1) is 22.4. The van der Waals surface area contributed by atoms with E-state index in [1.807, 2.05) is 0 Å². The van der Waals surface area contributed by atoms with Gasteiger partial charge in [0.15, 0.2) is 8.32 Å². The van der Waals surface area contributed by atoms with Crippen molar-refractivity contribution in [2.75, 3.05) is 0 Å². The topological polar surface area (TPSA) is 26.3 Å². The molecule has 0 heterocycles. The van der Waals surface area contributed by atoms with Crippen LogP contribution in [0.3, 0.4) is 0 Å². The lowest BCUT2D eigenvalue weighted by molar-refractivity contribution is -0.120. The third-order valence-electron chi connectivity index (χ3n) is 6.86. The molecule has 1 aromatic rings. The second-order valence-corrected chi connectivity index (χ2v) is 14.7. The molecule has 0 unspecified atom stereocenters. The maximum Gasteiger partial charge on any atom is 0.192 e. The monoisotopic (exact) mass is 388 g/mol. The maximum absolute atomic E-state index is 11.9. The van der Waals surface area contributed by atoms with Crippen LogP contribution in [0.4, 0.5) is 0 Å². The van der Waals surface area contributed by atoms with Crippen LogP contribution in [0.2, 0.25) is 18.1 Å². The molecule has 27 heavy (non-hydrogen) atoms. The summed E-state index contributed by atoms with van der Waals surface area (Å²) in [6, 6.07) is 9.01. The van der Waals surface area contributed by atoms with Gasteiger partial charge in [-0.2, -0.15) is 0 Å². The van der Waals surface area contributed by atoms with Gasteiger partial charge < -0.3 is 4.43 Å². The van der Waals surface area contributed by atoms with Gasteiger partial charge in [0.25, 0.3) is 0 Å². The van der Waals surface area contributed by atoms with Crippen molar-refractivity contribution in [3.63, 3.8) is 0 Å². The fourth-order valence-electron chi connectivity index (χ4n) is 3.82. The number of ketones is 1. The Kier molecular flexibility index (Phi) is 7.49. The third kappa shape index (κ3) is 5.54. The Hall–Kier alpha value is -0.933. The summed E-state index contributed by atoms with van der Waals surface area (Å²) >= 11 is 0. The molecular weight excluding hydrogens is 348 g/mol. The van der Waals surface area contributed by atoms with Crippen LogP contribution < -0.4 is 0 Å². The molecule has 0 aromatic heterocycles. The van der Waals surface area contributed by atoms with Crippen LogP contribution in [0.1, 0.15) is 96.3 Å². The Morgan fingerprint density at radius 1 is 1.15 bits per heavy atom. The molecule has 3 atom stereocenters. The van der Waals surface area contributed by atoms with E-state index in [4.69, 9.17) is 4.43 Å². The number of benzene rings is 1. The molecule has 0 radical (unpaired) electrons. The van der Waals surface area contributed by atoms with Crippen LogP contribution in [-0.2, 0) is 9.22 Å². The van der Waals surface area contributed by atoms with Gasteiger partial charge in [0, 0.05) is 12.3 Å². The van der Waals surface area contributed by atoms with E-state index in [9.17, 15) is 4.79 Å². The summed E-state index contributed by atoms with van der Waals surface area (Å²) in [7, 11) is -1.81. The second-order valence-electron chi connectivity index (χ2n) is 9.93. The number of Topliss-reactive ketones (excluding diaryl/α,β-unsaturated/α-hetero) is 1. The molecule has 2 nitrogen and oxygen atoms in total. The van der Waals surface area contributed by atoms with Gasteiger partial charge in [0.2, 0.25) is 0 Å². The second kappa shape index (κ2) is 9.04. The predicted molar refractivity (Wildman–Crippen MR) is 118 cm³/mol. The Morgan fingerprint density at radius 3 is 2.26 bits per heavy atom. The fourth-order valence-corrected chi connectivity index (χ4v) is 5.14. The van der Waals surface area contributed by atoms with Crippen LogP contribution in [0, 0.1) is 5.92 Å². The smallest absolute Gasteiger partial charge is 0.192 e. The highest BCUT2D eigenvalue weighted by Crippen LogP contribution is 2.42. The molecule has 1 aliphatic rings. The van der Waals surface area contributed by atoms with Crippen molar-refractivity contribution in [2.45, 2.75) is 103 Å². The normalized spacial score (nSPS) is 22.3. The molecule has 0 amide bonds. The fraction of sp³-hybridized carbons (Fsp3) is 0.708. The molecule has 2 rings (SSSR count). The van der Waals surface area contributed by atoms with E-state index in [0.29, 0.717) is 11.7 Å². The van der Waals surface area contributed by atoms with E-state index >= 15 is 0 Å². The molecule has 1 aromatic carbocycles. The van der Waals surface area contributed by atoms with E-state index in [1.165, 1.54) is 30.4 Å². The van der Waals surface area contributed by atoms with E-state index in [1.54, 1.807) is 0 Å². The van der Waals surface area contributed by atoms with E-state index in [2.05, 4.69) is 72.0 Å². The summed E-state index contributed by atoms with van der Waals surface area (Å²) in [5, 5.41) is 0.218. The average molecular weight is 389 g/mol. The van der Waals surface area contributed by atoms with E-state index in [-0.39, 0.29) is 17.1 Å². The van der Waals surface area contributed by atoms with Gasteiger partial charge in [-0.25, -0.2) is 0 Å². The number of carbonyl (C=O) groups excluding carboxylic acids is 1. The van der Waals surface area contributed by atoms with Gasteiger partial charge in [0.05, 0.1) is 6.10 Å². The zero-order chi connectivity index (χ0) is 20.2. The van der Waals surface area contributed by atoms with Crippen molar-refractivity contribution < 1.29 is 9.22 Å². The summed E-state index contributed by atoms with van der Waals surface area (Å²) in [6.07, 6.45) is 6.73. The van der Waals surface area contributed by atoms with Crippen LogP contribution in [0.15, 0.2) is 24.3 Å². The molecule has 3 heteroatoms. The van der Waals surface area contributed by atoms with Gasteiger partial charge >= 0.3 is 0 Å².